The molecule has 0 bridgehead atoms. The second-order valence-corrected chi connectivity index (χ2v) is 2.84. The maximum Gasteiger partial charge on any atom is 0.267 e. The molecule has 0 saturated heterocycles. The zero-order chi connectivity index (χ0) is 11.1. The van der Waals surface area contributed by atoms with Gasteiger partial charge in [-0.2, -0.15) is 4.91 Å². The van der Waals surface area contributed by atoms with Gasteiger partial charge in [-0.1, -0.05) is 29.4 Å². The Hall–Kier alpha value is -2.01. The summed E-state index contributed by atoms with van der Waals surface area (Å²) in [4.78, 5) is 20.6. The van der Waals surface area contributed by atoms with Crippen molar-refractivity contribution < 1.29 is 10.0 Å². The van der Waals surface area contributed by atoms with Crippen LogP contribution in [0.1, 0.15) is 11.1 Å². The van der Waals surface area contributed by atoms with Crippen LogP contribution < -0.4 is 5.48 Å². The van der Waals surface area contributed by atoms with E-state index in [1.807, 2.05) is 0 Å². The molecule has 0 unspecified atom stereocenters. The molecular weight excluding hydrogens is 196 g/mol. The number of carbonyl (C=O) groups excluding carboxylic acids is 1. The van der Waals surface area contributed by atoms with E-state index in [1.165, 1.54) is 11.6 Å². The van der Waals surface area contributed by atoms with Crippen LogP contribution in [0.4, 0.5) is 0 Å². The third kappa shape index (κ3) is 3.70. The van der Waals surface area contributed by atoms with Crippen molar-refractivity contribution in [2.24, 2.45) is 5.18 Å². The number of rotatable bonds is 4. The monoisotopic (exact) mass is 206 g/mol. The van der Waals surface area contributed by atoms with E-state index in [2.05, 4.69) is 5.18 Å². The van der Waals surface area contributed by atoms with Crippen molar-refractivity contribution in [2.75, 3.05) is 0 Å². The summed E-state index contributed by atoms with van der Waals surface area (Å²) in [7, 11) is 0. The minimum absolute atomic E-state index is 0.140. The van der Waals surface area contributed by atoms with E-state index in [4.69, 9.17) is 5.21 Å². The molecule has 1 amide bonds. The Labute approximate surface area is 86.4 Å². The highest BCUT2D eigenvalue weighted by molar-refractivity contribution is 5.90. The van der Waals surface area contributed by atoms with Crippen LogP contribution in [0.5, 0.6) is 0 Å². The highest BCUT2D eigenvalue weighted by Gasteiger charge is 1.93. The van der Waals surface area contributed by atoms with Crippen LogP contribution >= 0.6 is 0 Å². The molecule has 0 spiro atoms. The summed E-state index contributed by atoms with van der Waals surface area (Å²) in [6.45, 7) is 0.140. The summed E-state index contributed by atoms with van der Waals surface area (Å²) in [5.74, 6) is -0.589. The first-order valence-corrected chi connectivity index (χ1v) is 4.26. The second-order valence-electron chi connectivity index (χ2n) is 2.84. The van der Waals surface area contributed by atoms with E-state index in [0.717, 1.165) is 11.1 Å². The van der Waals surface area contributed by atoms with Gasteiger partial charge in [-0.15, -0.1) is 0 Å². The molecule has 0 saturated carbocycles. The molecule has 1 aromatic carbocycles. The topological polar surface area (TPSA) is 78.8 Å². The van der Waals surface area contributed by atoms with Crippen molar-refractivity contribution in [1.82, 2.24) is 5.48 Å². The lowest BCUT2D eigenvalue weighted by atomic mass is 10.1. The average Bonchev–Trinajstić information content (AvgIpc) is 2.28. The van der Waals surface area contributed by atoms with Gasteiger partial charge in [0.15, 0.2) is 0 Å². The number of nitroso groups, excluding NO2 is 1. The van der Waals surface area contributed by atoms with Gasteiger partial charge in [0.1, 0.15) is 6.54 Å². The van der Waals surface area contributed by atoms with Crippen molar-refractivity contribution in [3.63, 3.8) is 0 Å². The summed E-state index contributed by atoms with van der Waals surface area (Å²) >= 11 is 0. The van der Waals surface area contributed by atoms with E-state index in [-0.39, 0.29) is 6.54 Å². The predicted octanol–water partition coefficient (Wildman–Crippen LogP) is 1.47. The van der Waals surface area contributed by atoms with Gasteiger partial charge in [0.2, 0.25) is 0 Å². The third-order valence-corrected chi connectivity index (χ3v) is 1.76. The van der Waals surface area contributed by atoms with Gasteiger partial charge in [0.05, 0.1) is 0 Å². The van der Waals surface area contributed by atoms with Crippen LogP contribution in [-0.2, 0) is 11.3 Å². The molecule has 0 aromatic heterocycles. The van der Waals surface area contributed by atoms with Gasteiger partial charge < -0.3 is 0 Å². The summed E-state index contributed by atoms with van der Waals surface area (Å²) in [5, 5.41) is 11.0. The van der Waals surface area contributed by atoms with Crippen molar-refractivity contribution in [3.8, 4) is 0 Å². The summed E-state index contributed by atoms with van der Waals surface area (Å²) < 4.78 is 0. The molecule has 0 aliphatic rings. The Bertz CT molecular complexity index is 371. The molecule has 0 heterocycles. The average molecular weight is 206 g/mol. The zero-order valence-electron chi connectivity index (χ0n) is 7.88. The van der Waals surface area contributed by atoms with Crippen LogP contribution in [0.2, 0.25) is 0 Å². The van der Waals surface area contributed by atoms with Crippen LogP contribution in [0.25, 0.3) is 6.08 Å². The van der Waals surface area contributed by atoms with Gasteiger partial charge in [0.25, 0.3) is 5.91 Å². The fourth-order valence-electron chi connectivity index (χ4n) is 1.02. The summed E-state index contributed by atoms with van der Waals surface area (Å²) in [5.41, 5.74) is 3.10. The van der Waals surface area contributed by atoms with E-state index >= 15 is 0 Å². The lowest BCUT2D eigenvalue weighted by molar-refractivity contribution is -0.124. The lowest BCUT2D eigenvalue weighted by Crippen LogP contribution is -2.14. The predicted molar refractivity (Wildman–Crippen MR) is 54.9 cm³/mol. The Morgan fingerprint density at radius 2 is 2.07 bits per heavy atom. The normalized spacial score (nSPS) is 10.2. The highest BCUT2D eigenvalue weighted by Crippen LogP contribution is 2.06. The number of nitrogens with one attached hydrogen (secondary N) is 1. The van der Waals surface area contributed by atoms with Crippen molar-refractivity contribution in [3.05, 3.63) is 46.4 Å². The fourth-order valence-corrected chi connectivity index (χ4v) is 1.02. The largest absolute Gasteiger partial charge is 0.288 e. The molecule has 0 fully saturated rings. The number of carbonyl (C=O) groups is 1. The SMILES string of the molecule is O=NCc1ccc(C=CC(=O)NO)cc1. The van der Waals surface area contributed by atoms with E-state index < -0.39 is 5.91 Å². The third-order valence-electron chi connectivity index (χ3n) is 1.76. The quantitative estimate of drug-likeness (QED) is 0.339. The minimum Gasteiger partial charge on any atom is -0.288 e. The van der Waals surface area contributed by atoms with Gasteiger partial charge in [-0.3, -0.25) is 10.0 Å². The molecule has 78 valence electrons. The Balaban J connectivity index is 2.67. The molecule has 0 aliphatic heterocycles. The van der Waals surface area contributed by atoms with Gasteiger partial charge in [0, 0.05) is 6.08 Å². The van der Waals surface area contributed by atoms with Crippen LogP contribution in [-0.4, -0.2) is 11.1 Å². The molecule has 0 radical (unpaired) electrons. The summed E-state index contributed by atoms with van der Waals surface area (Å²) in [6.07, 6.45) is 2.75. The number of nitrogens with zero attached hydrogens (tertiary/aromatic N) is 1. The zero-order valence-corrected chi connectivity index (χ0v) is 7.88. The molecule has 1 aromatic rings. The summed E-state index contributed by atoms with van der Waals surface area (Å²) in [6, 6.07) is 7.00. The smallest absolute Gasteiger partial charge is 0.267 e. The highest BCUT2D eigenvalue weighted by atomic mass is 16.5. The van der Waals surface area contributed by atoms with Crippen molar-refractivity contribution in [2.45, 2.75) is 6.54 Å². The van der Waals surface area contributed by atoms with E-state index in [0.29, 0.717) is 0 Å². The van der Waals surface area contributed by atoms with Crippen molar-refractivity contribution >= 4 is 12.0 Å². The molecule has 15 heavy (non-hydrogen) atoms. The Morgan fingerprint density at radius 1 is 1.40 bits per heavy atom. The molecule has 0 atom stereocenters. The van der Waals surface area contributed by atoms with E-state index in [9.17, 15) is 9.70 Å². The first kappa shape index (κ1) is 11.1. The Kier molecular flexibility index (Phi) is 4.18. The lowest BCUT2D eigenvalue weighted by Gasteiger charge is -1.96. The number of amides is 1. The number of hydroxylamine groups is 1. The van der Waals surface area contributed by atoms with Gasteiger partial charge in [-0.25, -0.2) is 5.48 Å². The molecule has 5 heteroatoms. The van der Waals surface area contributed by atoms with Gasteiger partial charge >= 0.3 is 0 Å². The minimum atomic E-state index is -0.589. The second kappa shape index (κ2) is 5.66. The molecular formula is C10H10N2O3. The fraction of sp³-hybridized carbons (Fsp3) is 0.100. The molecule has 5 nitrogen and oxygen atoms in total. The number of hydrogen-bond donors (Lipinski definition) is 2. The number of hydrogen-bond acceptors (Lipinski definition) is 4. The molecule has 2 N–H and O–H groups in total. The maximum atomic E-state index is 10.7. The maximum absolute atomic E-state index is 10.7. The molecule has 0 aliphatic carbocycles. The first-order chi connectivity index (χ1) is 7.26. The molecule has 1 rings (SSSR count). The van der Waals surface area contributed by atoms with Gasteiger partial charge in [-0.05, 0) is 17.2 Å². The van der Waals surface area contributed by atoms with E-state index in [1.54, 1.807) is 30.3 Å². The van der Waals surface area contributed by atoms with Crippen LogP contribution in [0.15, 0.2) is 35.5 Å². The first-order valence-electron chi connectivity index (χ1n) is 4.26. The number of benzene rings is 1. The standard InChI is InChI=1S/C10H10N2O3/c13-10(12-15)6-5-8-1-3-9(4-2-8)7-11-14/h1-6,15H,7H2,(H,12,13). The van der Waals surface area contributed by atoms with Crippen LogP contribution in [0.3, 0.4) is 0 Å². The van der Waals surface area contributed by atoms with Crippen molar-refractivity contribution in [1.29, 1.82) is 0 Å². The van der Waals surface area contributed by atoms with Crippen LogP contribution in [0, 0.1) is 4.91 Å². The Morgan fingerprint density at radius 3 is 2.60 bits per heavy atom.